The van der Waals surface area contributed by atoms with Crippen LogP contribution in [-0.4, -0.2) is 30.0 Å². The summed E-state index contributed by atoms with van der Waals surface area (Å²) in [6, 6.07) is 9.13. The van der Waals surface area contributed by atoms with Gasteiger partial charge in [-0.25, -0.2) is 9.18 Å². The standard InChI is InChI=1S/C21H22ClFN4O3/c1-12-20(13(2)27(26-12)11-15-16(22)6-5-7-17(15)23)25-21(28)24-14-8-9-18(29-3)19(10-14)30-4/h5-10H,11H2,1-4H3,(H2,24,25,28). The van der Waals surface area contributed by atoms with Gasteiger partial charge in [0.15, 0.2) is 11.5 Å². The summed E-state index contributed by atoms with van der Waals surface area (Å²) in [4.78, 5) is 12.5. The van der Waals surface area contributed by atoms with E-state index < -0.39 is 11.8 Å². The molecule has 30 heavy (non-hydrogen) atoms. The molecule has 2 aromatic carbocycles. The van der Waals surface area contributed by atoms with Crippen LogP contribution in [0.5, 0.6) is 11.5 Å². The maximum atomic E-state index is 14.1. The lowest BCUT2D eigenvalue weighted by Gasteiger charge is -2.12. The van der Waals surface area contributed by atoms with E-state index >= 15 is 0 Å². The van der Waals surface area contributed by atoms with Gasteiger partial charge in [0.05, 0.1) is 37.8 Å². The van der Waals surface area contributed by atoms with Crippen molar-refractivity contribution in [2.75, 3.05) is 24.9 Å². The van der Waals surface area contributed by atoms with Gasteiger partial charge in [0.2, 0.25) is 0 Å². The summed E-state index contributed by atoms with van der Waals surface area (Å²) in [6.45, 7) is 3.70. The van der Waals surface area contributed by atoms with Crippen LogP contribution >= 0.6 is 11.6 Å². The number of methoxy groups -OCH3 is 2. The van der Waals surface area contributed by atoms with E-state index in [4.69, 9.17) is 21.1 Å². The highest BCUT2D eigenvalue weighted by Crippen LogP contribution is 2.30. The second-order valence-corrected chi connectivity index (χ2v) is 6.96. The summed E-state index contributed by atoms with van der Waals surface area (Å²) in [6.07, 6.45) is 0. The summed E-state index contributed by atoms with van der Waals surface area (Å²) in [7, 11) is 3.06. The van der Waals surface area contributed by atoms with Crippen molar-refractivity contribution in [3.05, 3.63) is 64.2 Å². The maximum Gasteiger partial charge on any atom is 0.323 e. The van der Waals surface area contributed by atoms with Crippen LogP contribution in [0.4, 0.5) is 20.6 Å². The van der Waals surface area contributed by atoms with E-state index in [0.717, 1.165) is 0 Å². The van der Waals surface area contributed by atoms with Crippen molar-refractivity contribution in [2.45, 2.75) is 20.4 Å². The summed E-state index contributed by atoms with van der Waals surface area (Å²) < 4.78 is 26.2. The van der Waals surface area contributed by atoms with Crippen molar-refractivity contribution in [2.24, 2.45) is 0 Å². The van der Waals surface area contributed by atoms with Crippen LogP contribution in [0, 0.1) is 19.7 Å². The molecule has 3 aromatic rings. The van der Waals surface area contributed by atoms with Crippen LogP contribution in [0.25, 0.3) is 0 Å². The summed E-state index contributed by atoms with van der Waals surface area (Å²) in [5.74, 6) is 0.649. The molecule has 0 aliphatic rings. The van der Waals surface area contributed by atoms with E-state index in [1.54, 1.807) is 48.9 Å². The number of amides is 2. The van der Waals surface area contributed by atoms with Crippen LogP contribution in [0.15, 0.2) is 36.4 Å². The van der Waals surface area contributed by atoms with Gasteiger partial charge < -0.3 is 20.1 Å². The third kappa shape index (κ3) is 4.49. The molecule has 0 aliphatic heterocycles. The minimum atomic E-state index is -0.447. The van der Waals surface area contributed by atoms with Gasteiger partial charge in [-0.05, 0) is 38.1 Å². The first-order valence-electron chi connectivity index (χ1n) is 9.11. The van der Waals surface area contributed by atoms with Gasteiger partial charge in [-0.3, -0.25) is 4.68 Å². The molecular formula is C21H22ClFN4O3. The smallest absolute Gasteiger partial charge is 0.323 e. The molecule has 2 N–H and O–H groups in total. The van der Waals surface area contributed by atoms with E-state index in [1.807, 2.05) is 0 Å². The molecule has 0 unspecified atom stereocenters. The molecule has 0 spiro atoms. The molecule has 0 atom stereocenters. The monoisotopic (exact) mass is 432 g/mol. The number of aryl methyl sites for hydroxylation is 1. The molecule has 0 aliphatic carbocycles. The second kappa shape index (κ2) is 9.04. The molecule has 0 fully saturated rings. The zero-order chi connectivity index (χ0) is 21.8. The largest absolute Gasteiger partial charge is 0.493 e. The zero-order valence-electron chi connectivity index (χ0n) is 17.0. The van der Waals surface area contributed by atoms with E-state index in [0.29, 0.717) is 44.8 Å². The quantitative estimate of drug-likeness (QED) is 0.574. The van der Waals surface area contributed by atoms with Crippen molar-refractivity contribution < 1.29 is 18.7 Å². The molecule has 7 nitrogen and oxygen atoms in total. The minimum Gasteiger partial charge on any atom is -0.493 e. The number of hydrogen-bond donors (Lipinski definition) is 2. The highest BCUT2D eigenvalue weighted by molar-refractivity contribution is 6.31. The maximum absolute atomic E-state index is 14.1. The van der Waals surface area contributed by atoms with Gasteiger partial charge in [0, 0.05) is 22.3 Å². The van der Waals surface area contributed by atoms with Crippen LogP contribution in [-0.2, 0) is 6.54 Å². The first-order valence-corrected chi connectivity index (χ1v) is 9.48. The lowest BCUT2D eigenvalue weighted by Crippen LogP contribution is -2.20. The number of anilines is 2. The average molecular weight is 433 g/mol. The van der Waals surface area contributed by atoms with Crippen LogP contribution in [0.1, 0.15) is 17.0 Å². The van der Waals surface area contributed by atoms with E-state index in [1.165, 1.54) is 20.3 Å². The van der Waals surface area contributed by atoms with Gasteiger partial charge >= 0.3 is 6.03 Å². The number of rotatable bonds is 6. The highest BCUT2D eigenvalue weighted by Gasteiger charge is 2.17. The molecule has 3 rings (SSSR count). The fourth-order valence-corrected chi connectivity index (χ4v) is 3.28. The molecule has 1 aromatic heterocycles. The average Bonchev–Trinajstić information content (AvgIpc) is 2.98. The predicted molar refractivity (Wildman–Crippen MR) is 114 cm³/mol. The topological polar surface area (TPSA) is 77.4 Å². The van der Waals surface area contributed by atoms with Crippen LogP contribution in [0.3, 0.4) is 0 Å². The molecule has 0 saturated heterocycles. The number of aromatic nitrogens is 2. The van der Waals surface area contributed by atoms with E-state index in [-0.39, 0.29) is 6.54 Å². The van der Waals surface area contributed by atoms with Crippen molar-refractivity contribution in [1.29, 1.82) is 0 Å². The van der Waals surface area contributed by atoms with Gasteiger partial charge in [-0.2, -0.15) is 5.10 Å². The predicted octanol–water partition coefficient (Wildman–Crippen LogP) is 5.00. The third-order valence-electron chi connectivity index (χ3n) is 4.63. The number of nitrogens with one attached hydrogen (secondary N) is 2. The number of nitrogens with zero attached hydrogens (tertiary/aromatic N) is 2. The Morgan fingerprint density at radius 2 is 1.87 bits per heavy atom. The number of halogens is 2. The number of ether oxygens (including phenoxy) is 2. The molecule has 0 bridgehead atoms. The number of hydrogen-bond acceptors (Lipinski definition) is 4. The Labute approximate surface area is 178 Å². The van der Waals surface area contributed by atoms with Gasteiger partial charge in [-0.15, -0.1) is 0 Å². The lowest BCUT2D eigenvalue weighted by atomic mass is 10.2. The van der Waals surface area contributed by atoms with Gasteiger partial charge in [-0.1, -0.05) is 17.7 Å². The van der Waals surface area contributed by atoms with E-state index in [9.17, 15) is 9.18 Å². The van der Waals surface area contributed by atoms with Gasteiger partial charge in [0.25, 0.3) is 0 Å². The Morgan fingerprint density at radius 3 is 2.53 bits per heavy atom. The zero-order valence-corrected chi connectivity index (χ0v) is 17.8. The van der Waals surface area contributed by atoms with Crippen LogP contribution in [0.2, 0.25) is 5.02 Å². The first-order chi connectivity index (χ1) is 14.3. The Hall–Kier alpha value is -3.26. The molecule has 0 radical (unpaired) electrons. The molecule has 9 heteroatoms. The number of benzene rings is 2. The van der Waals surface area contributed by atoms with Crippen molar-refractivity contribution in [3.63, 3.8) is 0 Å². The Balaban J connectivity index is 1.76. The van der Waals surface area contributed by atoms with E-state index in [2.05, 4.69) is 15.7 Å². The summed E-state index contributed by atoms with van der Waals surface area (Å²) in [5, 5.41) is 10.3. The van der Waals surface area contributed by atoms with Crippen molar-refractivity contribution in [1.82, 2.24) is 9.78 Å². The highest BCUT2D eigenvalue weighted by atomic mass is 35.5. The lowest BCUT2D eigenvalue weighted by molar-refractivity contribution is 0.262. The molecule has 158 valence electrons. The van der Waals surface area contributed by atoms with Gasteiger partial charge in [0.1, 0.15) is 5.82 Å². The molecular weight excluding hydrogens is 411 g/mol. The number of carbonyl (C=O) groups excluding carboxylic acids is 1. The second-order valence-electron chi connectivity index (χ2n) is 6.55. The fraction of sp³-hybridized carbons (Fsp3) is 0.238. The summed E-state index contributed by atoms with van der Waals surface area (Å²) >= 11 is 6.12. The molecule has 0 saturated carbocycles. The van der Waals surface area contributed by atoms with Crippen LogP contribution < -0.4 is 20.1 Å². The normalized spacial score (nSPS) is 10.6. The number of carbonyl (C=O) groups is 1. The Bertz CT molecular complexity index is 1060. The fourth-order valence-electron chi connectivity index (χ4n) is 3.05. The number of urea groups is 1. The Morgan fingerprint density at radius 1 is 1.13 bits per heavy atom. The summed E-state index contributed by atoms with van der Waals surface area (Å²) in [5.41, 5.74) is 2.69. The minimum absolute atomic E-state index is 0.150. The third-order valence-corrected chi connectivity index (χ3v) is 4.99. The first kappa shape index (κ1) is 21.4. The SMILES string of the molecule is COc1ccc(NC(=O)Nc2c(C)nn(Cc3c(F)cccc3Cl)c2C)cc1OC. The van der Waals surface area contributed by atoms with Crippen molar-refractivity contribution >= 4 is 29.0 Å². The molecule has 2 amide bonds. The Kier molecular flexibility index (Phi) is 6.47. The van der Waals surface area contributed by atoms with Crippen molar-refractivity contribution in [3.8, 4) is 11.5 Å². The molecule has 1 heterocycles.